The molecule has 1 aromatic heterocycles. The van der Waals surface area contributed by atoms with Crippen molar-refractivity contribution in [2.24, 2.45) is 5.92 Å². The van der Waals surface area contributed by atoms with E-state index >= 15 is 0 Å². The van der Waals surface area contributed by atoms with E-state index in [0.717, 1.165) is 50.1 Å². The molecule has 0 saturated carbocycles. The fourth-order valence-corrected chi connectivity index (χ4v) is 4.39. The first kappa shape index (κ1) is 19.1. The number of nitrogens with one attached hydrogen (secondary N) is 1. The standard InChI is InChI=1S/C20H30N4O4/c1-20(2,3)27-19(26)23-8-6-13(7-9-23)10-15-11-16(22-28-15)17-5-4-14-12-24(17)18(25)21-14/h11,13-14,17H,4-10,12H2,1-3H3,(H,21,25)/t14-,17+/m1/s1. The summed E-state index contributed by atoms with van der Waals surface area (Å²) < 4.78 is 11.0. The lowest BCUT2D eigenvalue weighted by Crippen LogP contribution is -2.42. The minimum atomic E-state index is -0.463. The number of carbonyl (C=O) groups is 2. The van der Waals surface area contributed by atoms with E-state index in [2.05, 4.69) is 10.5 Å². The van der Waals surface area contributed by atoms with Crippen molar-refractivity contribution in [2.75, 3.05) is 19.6 Å². The Morgan fingerprint density at radius 2 is 2.04 bits per heavy atom. The topological polar surface area (TPSA) is 87.9 Å². The molecular weight excluding hydrogens is 360 g/mol. The van der Waals surface area contributed by atoms with Gasteiger partial charge in [-0.05, 0) is 52.4 Å². The number of hydrogen-bond donors (Lipinski definition) is 1. The summed E-state index contributed by atoms with van der Waals surface area (Å²) in [5.41, 5.74) is 0.395. The minimum absolute atomic E-state index is 0.00608. The number of ether oxygens (including phenoxy) is 1. The number of hydrogen-bond acceptors (Lipinski definition) is 5. The summed E-state index contributed by atoms with van der Waals surface area (Å²) in [6.07, 6.45) is 4.34. The molecule has 3 aliphatic rings. The molecule has 3 aliphatic heterocycles. The molecule has 3 amide bonds. The van der Waals surface area contributed by atoms with Crippen molar-refractivity contribution in [1.29, 1.82) is 0 Å². The second kappa shape index (κ2) is 7.29. The predicted molar refractivity (Wildman–Crippen MR) is 102 cm³/mol. The molecule has 0 spiro atoms. The van der Waals surface area contributed by atoms with Crippen LogP contribution in [0.15, 0.2) is 10.6 Å². The molecule has 8 heteroatoms. The zero-order chi connectivity index (χ0) is 19.9. The Hall–Kier alpha value is -2.25. The molecule has 0 unspecified atom stereocenters. The summed E-state index contributed by atoms with van der Waals surface area (Å²) in [6.45, 7) is 7.83. The van der Waals surface area contributed by atoms with Gasteiger partial charge in [0.15, 0.2) is 0 Å². The molecule has 0 aromatic carbocycles. The average molecular weight is 390 g/mol. The lowest BCUT2D eigenvalue weighted by molar-refractivity contribution is 0.0182. The van der Waals surface area contributed by atoms with Gasteiger partial charge in [0.2, 0.25) is 0 Å². The molecule has 0 radical (unpaired) electrons. The fraction of sp³-hybridized carbons (Fsp3) is 0.750. The van der Waals surface area contributed by atoms with E-state index in [1.165, 1.54) is 0 Å². The normalized spacial score (nSPS) is 25.8. The highest BCUT2D eigenvalue weighted by molar-refractivity contribution is 5.77. The third-order valence-electron chi connectivity index (χ3n) is 5.85. The smallest absolute Gasteiger partial charge is 0.410 e. The molecule has 2 bridgehead atoms. The Kier molecular flexibility index (Phi) is 4.97. The van der Waals surface area contributed by atoms with Crippen LogP contribution in [-0.2, 0) is 11.2 Å². The second-order valence-electron chi connectivity index (χ2n) is 9.22. The van der Waals surface area contributed by atoms with Crippen LogP contribution in [0.4, 0.5) is 9.59 Å². The van der Waals surface area contributed by atoms with Crippen LogP contribution in [0.3, 0.4) is 0 Å². The number of amides is 3. The van der Waals surface area contributed by atoms with Gasteiger partial charge in [-0.15, -0.1) is 0 Å². The highest BCUT2D eigenvalue weighted by Crippen LogP contribution is 2.34. The monoisotopic (exact) mass is 390 g/mol. The third kappa shape index (κ3) is 4.10. The van der Waals surface area contributed by atoms with E-state index in [1.54, 1.807) is 4.90 Å². The van der Waals surface area contributed by atoms with Crippen molar-refractivity contribution in [1.82, 2.24) is 20.3 Å². The Morgan fingerprint density at radius 3 is 2.75 bits per heavy atom. The summed E-state index contributed by atoms with van der Waals surface area (Å²) in [4.78, 5) is 27.9. The molecule has 1 N–H and O–H groups in total. The lowest BCUT2D eigenvalue weighted by atomic mass is 9.92. The summed E-state index contributed by atoms with van der Waals surface area (Å²) in [5, 5.41) is 7.26. The molecule has 0 aliphatic carbocycles. The summed E-state index contributed by atoms with van der Waals surface area (Å²) in [5.74, 6) is 1.33. The van der Waals surface area contributed by atoms with Gasteiger partial charge in [-0.1, -0.05) is 5.16 Å². The van der Waals surface area contributed by atoms with E-state index in [9.17, 15) is 9.59 Å². The van der Waals surface area contributed by atoms with Gasteiger partial charge < -0.3 is 24.4 Å². The van der Waals surface area contributed by atoms with Gasteiger partial charge in [0.25, 0.3) is 0 Å². The molecule has 154 valence electrons. The number of likely N-dealkylation sites (tertiary alicyclic amines) is 1. The van der Waals surface area contributed by atoms with E-state index in [0.29, 0.717) is 19.0 Å². The van der Waals surface area contributed by atoms with Crippen molar-refractivity contribution in [3.05, 3.63) is 17.5 Å². The second-order valence-corrected chi connectivity index (χ2v) is 9.22. The minimum Gasteiger partial charge on any atom is -0.444 e. The van der Waals surface area contributed by atoms with Gasteiger partial charge >= 0.3 is 12.1 Å². The van der Waals surface area contributed by atoms with Gasteiger partial charge in [0.1, 0.15) is 17.1 Å². The molecule has 8 nitrogen and oxygen atoms in total. The molecule has 4 rings (SSSR count). The van der Waals surface area contributed by atoms with Crippen LogP contribution < -0.4 is 5.32 Å². The molecular formula is C20H30N4O4. The quantitative estimate of drug-likeness (QED) is 0.857. The van der Waals surface area contributed by atoms with Gasteiger partial charge in [0.05, 0.1) is 6.04 Å². The maximum Gasteiger partial charge on any atom is 0.410 e. The van der Waals surface area contributed by atoms with E-state index in [-0.39, 0.29) is 24.2 Å². The van der Waals surface area contributed by atoms with Crippen LogP contribution in [-0.4, -0.2) is 58.4 Å². The first-order chi connectivity index (χ1) is 13.3. The van der Waals surface area contributed by atoms with Gasteiger partial charge in [-0.25, -0.2) is 9.59 Å². The van der Waals surface area contributed by atoms with Gasteiger partial charge in [-0.2, -0.15) is 0 Å². The lowest BCUT2D eigenvalue weighted by Gasteiger charge is -2.33. The molecule has 2 atom stereocenters. The first-order valence-electron chi connectivity index (χ1n) is 10.3. The van der Waals surface area contributed by atoms with Gasteiger partial charge in [-0.3, -0.25) is 0 Å². The van der Waals surface area contributed by atoms with Crippen molar-refractivity contribution in [3.8, 4) is 0 Å². The number of fused-ring (bicyclic) bond motifs is 2. The highest BCUT2D eigenvalue weighted by Gasteiger charge is 2.40. The zero-order valence-electron chi connectivity index (χ0n) is 16.9. The fourth-order valence-electron chi connectivity index (χ4n) is 4.39. The molecule has 1 aromatic rings. The van der Waals surface area contributed by atoms with E-state index < -0.39 is 5.60 Å². The molecule has 4 heterocycles. The Bertz CT molecular complexity index is 733. The predicted octanol–water partition coefficient (Wildman–Crippen LogP) is 3.09. The SMILES string of the molecule is CC(C)(C)OC(=O)N1CCC(Cc2cc([C@@H]3CC[C@@H]4CN3C(=O)N4)no2)CC1. The number of aromatic nitrogens is 1. The van der Waals surface area contributed by atoms with Gasteiger partial charge in [0, 0.05) is 38.2 Å². The highest BCUT2D eigenvalue weighted by atomic mass is 16.6. The van der Waals surface area contributed by atoms with Crippen molar-refractivity contribution in [3.63, 3.8) is 0 Å². The number of nitrogens with zero attached hydrogens (tertiary/aromatic N) is 3. The zero-order valence-corrected chi connectivity index (χ0v) is 16.9. The molecule has 28 heavy (non-hydrogen) atoms. The maximum absolute atomic E-state index is 12.2. The summed E-state index contributed by atoms with van der Waals surface area (Å²) >= 11 is 0. The van der Waals surface area contributed by atoms with Crippen LogP contribution in [0, 0.1) is 5.92 Å². The summed E-state index contributed by atoms with van der Waals surface area (Å²) in [7, 11) is 0. The third-order valence-corrected chi connectivity index (χ3v) is 5.85. The van der Waals surface area contributed by atoms with Crippen LogP contribution in [0.25, 0.3) is 0 Å². The van der Waals surface area contributed by atoms with Crippen molar-refractivity contribution < 1.29 is 18.8 Å². The van der Waals surface area contributed by atoms with Crippen molar-refractivity contribution in [2.45, 2.75) is 70.6 Å². The number of piperidine rings is 2. The average Bonchev–Trinajstić information content (AvgIpc) is 3.19. The maximum atomic E-state index is 12.2. The molecule has 3 saturated heterocycles. The Morgan fingerprint density at radius 1 is 1.29 bits per heavy atom. The summed E-state index contributed by atoms with van der Waals surface area (Å²) in [6, 6.07) is 2.32. The number of urea groups is 1. The van der Waals surface area contributed by atoms with Crippen LogP contribution in [0.2, 0.25) is 0 Å². The molecule has 3 fully saturated rings. The Balaban J connectivity index is 1.29. The van der Waals surface area contributed by atoms with E-state index in [4.69, 9.17) is 9.26 Å². The van der Waals surface area contributed by atoms with Crippen LogP contribution in [0.5, 0.6) is 0 Å². The van der Waals surface area contributed by atoms with Crippen LogP contribution >= 0.6 is 0 Å². The Labute approximate surface area is 165 Å². The number of rotatable bonds is 3. The largest absolute Gasteiger partial charge is 0.444 e. The van der Waals surface area contributed by atoms with E-state index in [1.807, 2.05) is 31.7 Å². The number of carbonyl (C=O) groups excluding carboxylic acids is 2. The first-order valence-corrected chi connectivity index (χ1v) is 10.3. The van der Waals surface area contributed by atoms with Crippen LogP contribution in [0.1, 0.15) is 64.0 Å². The van der Waals surface area contributed by atoms with Crippen molar-refractivity contribution >= 4 is 12.1 Å².